The molecule has 0 aromatic rings. The second-order valence-electron chi connectivity index (χ2n) is 6.50. The minimum absolute atomic E-state index is 0.233. The smallest absolute Gasteiger partial charge is 0.123 e. The molecule has 102 valence electrons. The number of rotatable bonds is 1. The van der Waals surface area contributed by atoms with Crippen LogP contribution in [0.4, 0.5) is 0 Å². The Labute approximate surface area is 120 Å². The summed E-state index contributed by atoms with van der Waals surface area (Å²) >= 11 is 13.1. The van der Waals surface area contributed by atoms with Crippen molar-refractivity contribution in [3.8, 4) is 0 Å². The number of carbonyl (C=O) groups excluding carboxylic acids is 1. The lowest BCUT2D eigenvalue weighted by Crippen LogP contribution is -2.49. The van der Waals surface area contributed by atoms with E-state index in [0.717, 1.165) is 12.8 Å². The van der Waals surface area contributed by atoms with Crippen molar-refractivity contribution in [2.45, 2.75) is 55.7 Å². The largest absolute Gasteiger partial charge is 0.303 e. The van der Waals surface area contributed by atoms with Gasteiger partial charge in [0.15, 0.2) is 0 Å². The molecular weight excluding hydrogens is 267 g/mol. The van der Waals surface area contributed by atoms with E-state index in [1.165, 1.54) is 38.4 Å². The van der Waals surface area contributed by atoms with Crippen LogP contribution in [0, 0.1) is 29.6 Å². The predicted molar refractivity (Wildman–Crippen MR) is 75.1 cm³/mol. The van der Waals surface area contributed by atoms with Gasteiger partial charge in [-0.1, -0.05) is 12.8 Å². The molecule has 0 spiro atoms. The van der Waals surface area contributed by atoms with Crippen LogP contribution in [-0.4, -0.2) is 17.0 Å². The highest BCUT2D eigenvalue weighted by Crippen LogP contribution is 2.54. The van der Waals surface area contributed by atoms with Gasteiger partial charge in [0.2, 0.25) is 0 Å². The maximum absolute atomic E-state index is 11.6. The Morgan fingerprint density at radius 3 is 1.72 bits per heavy atom. The Morgan fingerprint density at radius 2 is 1.28 bits per heavy atom. The van der Waals surface area contributed by atoms with Gasteiger partial charge in [0, 0.05) is 16.7 Å². The predicted octanol–water partition coefficient (Wildman–Crippen LogP) is 4.25. The fraction of sp³-hybridized carbons (Fsp3) is 0.933. The number of hydrogen-bond acceptors (Lipinski definition) is 1. The first-order chi connectivity index (χ1) is 8.72. The van der Waals surface area contributed by atoms with E-state index in [0.29, 0.717) is 23.7 Å². The van der Waals surface area contributed by atoms with E-state index in [4.69, 9.17) is 23.2 Å². The van der Waals surface area contributed by atoms with E-state index in [-0.39, 0.29) is 16.7 Å². The van der Waals surface area contributed by atoms with Gasteiger partial charge < -0.3 is 4.79 Å². The SMILES string of the molecule is O=CC1C2CCCC(Cl)C2CC2C(Cl)CCCC12. The Morgan fingerprint density at radius 1 is 0.778 bits per heavy atom. The van der Waals surface area contributed by atoms with E-state index in [9.17, 15) is 4.79 Å². The first-order valence-electron chi connectivity index (χ1n) is 7.45. The molecule has 3 aliphatic rings. The quantitative estimate of drug-likeness (QED) is 0.521. The fourth-order valence-electron chi connectivity index (χ4n) is 4.92. The van der Waals surface area contributed by atoms with Crippen LogP contribution in [0.3, 0.4) is 0 Å². The first-order valence-corrected chi connectivity index (χ1v) is 8.33. The Bertz CT molecular complexity index is 294. The average Bonchev–Trinajstić information content (AvgIpc) is 2.38. The van der Waals surface area contributed by atoms with Crippen molar-refractivity contribution in [2.24, 2.45) is 29.6 Å². The van der Waals surface area contributed by atoms with Crippen molar-refractivity contribution in [3.63, 3.8) is 0 Å². The molecule has 3 aliphatic carbocycles. The van der Waals surface area contributed by atoms with E-state index in [1.807, 2.05) is 0 Å². The van der Waals surface area contributed by atoms with E-state index >= 15 is 0 Å². The van der Waals surface area contributed by atoms with Gasteiger partial charge >= 0.3 is 0 Å². The van der Waals surface area contributed by atoms with Crippen LogP contribution in [0.15, 0.2) is 0 Å². The lowest BCUT2D eigenvalue weighted by molar-refractivity contribution is -0.121. The van der Waals surface area contributed by atoms with Gasteiger partial charge in [-0.25, -0.2) is 0 Å². The van der Waals surface area contributed by atoms with Gasteiger partial charge in [-0.3, -0.25) is 0 Å². The molecule has 6 unspecified atom stereocenters. The molecular formula is C15H22Cl2O. The third-order valence-corrected chi connectivity index (χ3v) is 6.84. The Balaban J connectivity index is 1.87. The van der Waals surface area contributed by atoms with E-state index < -0.39 is 0 Å². The number of alkyl halides is 2. The van der Waals surface area contributed by atoms with Crippen molar-refractivity contribution in [3.05, 3.63) is 0 Å². The third kappa shape index (κ3) is 2.12. The molecule has 6 atom stereocenters. The molecule has 0 N–H and O–H groups in total. The van der Waals surface area contributed by atoms with Crippen molar-refractivity contribution < 1.29 is 4.79 Å². The maximum atomic E-state index is 11.6. The molecule has 3 rings (SSSR count). The normalized spacial score (nSPS) is 52.2. The zero-order valence-corrected chi connectivity index (χ0v) is 12.2. The summed E-state index contributed by atoms with van der Waals surface area (Å²) in [6.07, 6.45) is 9.45. The van der Waals surface area contributed by atoms with Crippen LogP contribution in [0.2, 0.25) is 0 Å². The second kappa shape index (κ2) is 5.32. The first kappa shape index (κ1) is 13.2. The molecule has 0 heterocycles. The van der Waals surface area contributed by atoms with Gasteiger partial charge in [0.25, 0.3) is 0 Å². The summed E-state index contributed by atoms with van der Waals surface area (Å²) < 4.78 is 0. The maximum Gasteiger partial charge on any atom is 0.123 e. The molecule has 0 amide bonds. The molecule has 1 nitrogen and oxygen atoms in total. The molecule has 3 saturated carbocycles. The highest BCUT2D eigenvalue weighted by molar-refractivity contribution is 6.21. The van der Waals surface area contributed by atoms with Gasteiger partial charge in [-0.15, -0.1) is 23.2 Å². The second-order valence-corrected chi connectivity index (χ2v) is 7.62. The van der Waals surface area contributed by atoms with Gasteiger partial charge in [0.05, 0.1) is 0 Å². The van der Waals surface area contributed by atoms with E-state index in [2.05, 4.69) is 0 Å². The van der Waals surface area contributed by atoms with Crippen LogP contribution in [-0.2, 0) is 4.79 Å². The molecule has 3 heteroatoms. The standard InChI is InChI=1S/C15H22Cl2O/c16-14-5-1-3-9-11(14)7-12-10(13(9)8-18)4-2-6-15(12)17/h8-15H,1-7H2. The molecule has 18 heavy (non-hydrogen) atoms. The number of fused-ring (bicyclic) bond motifs is 2. The van der Waals surface area contributed by atoms with Crippen molar-refractivity contribution >= 4 is 29.5 Å². The van der Waals surface area contributed by atoms with Crippen LogP contribution in [0.5, 0.6) is 0 Å². The topological polar surface area (TPSA) is 17.1 Å². The summed E-state index contributed by atoms with van der Waals surface area (Å²) in [5.41, 5.74) is 0. The molecule has 0 bridgehead atoms. The molecule has 0 aromatic heterocycles. The zero-order valence-electron chi connectivity index (χ0n) is 10.7. The van der Waals surface area contributed by atoms with Crippen LogP contribution in [0.1, 0.15) is 44.9 Å². The Hall–Kier alpha value is 0.250. The zero-order chi connectivity index (χ0) is 12.7. The minimum atomic E-state index is 0.233. The van der Waals surface area contributed by atoms with Gasteiger partial charge in [-0.05, 0) is 55.8 Å². The summed E-state index contributed by atoms with van der Waals surface area (Å²) in [4.78, 5) is 11.6. The summed E-state index contributed by atoms with van der Waals surface area (Å²) in [5, 5.41) is 0.552. The molecule has 0 radical (unpaired) electrons. The fourth-order valence-corrected chi connectivity index (χ4v) is 5.81. The molecule has 3 fully saturated rings. The van der Waals surface area contributed by atoms with Crippen molar-refractivity contribution in [2.75, 3.05) is 0 Å². The molecule has 0 aliphatic heterocycles. The van der Waals surface area contributed by atoms with E-state index in [1.54, 1.807) is 0 Å². The average molecular weight is 289 g/mol. The number of aldehydes is 1. The number of hydrogen-bond donors (Lipinski definition) is 0. The van der Waals surface area contributed by atoms with Crippen molar-refractivity contribution in [1.29, 1.82) is 0 Å². The lowest BCUT2D eigenvalue weighted by Gasteiger charge is -2.52. The number of carbonyl (C=O) groups is 1. The van der Waals surface area contributed by atoms with Crippen LogP contribution in [0.25, 0.3) is 0 Å². The minimum Gasteiger partial charge on any atom is -0.303 e. The highest BCUT2D eigenvalue weighted by atomic mass is 35.5. The van der Waals surface area contributed by atoms with Gasteiger partial charge in [0.1, 0.15) is 6.29 Å². The van der Waals surface area contributed by atoms with Crippen molar-refractivity contribution in [1.82, 2.24) is 0 Å². The summed E-state index contributed by atoms with van der Waals surface area (Å²) in [7, 11) is 0. The van der Waals surface area contributed by atoms with Crippen LogP contribution >= 0.6 is 23.2 Å². The summed E-state index contributed by atoms with van der Waals surface area (Å²) in [6, 6.07) is 0. The highest BCUT2D eigenvalue weighted by Gasteiger charge is 2.50. The van der Waals surface area contributed by atoms with Gasteiger partial charge in [-0.2, -0.15) is 0 Å². The lowest BCUT2D eigenvalue weighted by atomic mass is 9.55. The summed E-state index contributed by atoms with van der Waals surface area (Å²) in [5.74, 6) is 2.40. The molecule has 0 aromatic carbocycles. The summed E-state index contributed by atoms with van der Waals surface area (Å²) in [6.45, 7) is 0. The monoisotopic (exact) mass is 288 g/mol. The van der Waals surface area contributed by atoms with Crippen LogP contribution < -0.4 is 0 Å². The number of halogens is 2. The third-order valence-electron chi connectivity index (χ3n) is 5.75. The Kier molecular flexibility index (Phi) is 3.92. The molecule has 0 saturated heterocycles.